The Kier molecular flexibility index (Phi) is 4.22. The number of amidine groups is 1. The van der Waals surface area contributed by atoms with Crippen LogP contribution in [0.1, 0.15) is 6.92 Å². The minimum Gasteiger partial charge on any atom is -0.388 e. The van der Waals surface area contributed by atoms with E-state index in [0.717, 1.165) is 5.17 Å². The third-order valence-corrected chi connectivity index (χ3v) is 4.59. The molecule has 3 N–H and O–H groups in total. The molecule has 0 saturated carbocycles. The molecule has 0 aromatic rings. The number of aliphatic hydroxyl groups excluding tert-OH is 3. The molecule has 6 nitrogen and oxygen atoms in total. The second kappa shape index (κ2) is 5.41. The van der Waals surface area contributed by atoms with Gasteiger partial charge < -0.3 is 25.0 Å². The van der Waals surface area contributed by atoms with Gasteiger partial charge in [-0.05, 0) is 12.5 Å². The van der Waals surface area contributed by atoms with Crippen molar-refractivity contribution < 1.29 is 20.1 Å². The zero-order chi connectivity index (χ0) is 14.3. The number of ether oxygens (including phenoxy) is 1. The third kappa shape index (κ3) is 2.66. The number of hydrogen-bond acceptors (Lipinski definition) is 7. The van der Waals surface area contributed by atoms with Gasteiger partial charge >= 0.3 is 0 Å². The van der Waals surface area contributed by atoms with Crippen LogP contribution in [0.5, 0.6) is 0 Å². The molecule has 6 atom stereocenters. The van der Waals surface area contributed by atoms with Crippen molar-refractivity contribution in [1.29, 1.82) is 0 Å². The number of aliphatic imine (C=N–C) groups is 1. The summed E-state index contributed by atoms with van der Waals surface area (Å²) in [6.45, 7) is 5.31. The zero-order valence-electron chi connectivity index (χ0n) is 11.2. The Labute approximate surface area is 116 Å². The van der Waals surface area contributed by atoms with Gasteiger partial charge in [-0.2, -0.15) is 0 Å². The standard InChI is InChI=1S/C12H20N2O4S/c1-5(2)7(15)10-9(17)8(16)6-11(18-10)19-12(13-6)14(3)4/h6-11,15-17H,1H2,2-4H3/t6-,7-,8-,9+,10-,11-/m1/s1. The summed E-state index contributed by atoms with van der Waals surface area (Å²) in [7, 11) is 3.71. The normalized spacial score (nSPS) is 39.5. The second-order valence-electron chi connectivity index (χ2n) is 5.16. The summed E-state index contributed by atoms with van der Waals surface area (Å²) >= 11 is 1.38. The molecule has 1 saturated heterocycles. The highest BCUT2D eigenvalue weighted by atomic mass is 32.2. The van der Waals surface area contributed by atoms with Crippen LogP contribution >= 0.6 is 11.8 Å². The van der Waals surface area contributed by atoms with Crippen molar-refractivity contribution in [1.82, 2.24) is 4.90 Å². The van der Waals surface area contributed by atoms with E-state index in [9.17, 15) is 15.3 Å². The molecular formula is C12H20N2O4S. The smallest absolute Gasteiger partial charge is 0.161 e. The van der Waals surface area contributed by atoms with Crippen molar-refractivity contribution in [3.05, 3.63) is 12.2 Å². The molecule has 0 amide bonds. The van der Waals surface area contributed by atoms with Gasteiger partial charge in [-0.1, -0.05) is 18.3 Å². The number of thioether (sulfide) groups is 1. The van der Waals surface area contributed by atoms with Crippen LogP contribution in [0.4, 0.5) is 0 Å². The summed E-state index contributed by atoms with van der Waals surface area (Å²) in [5, 5.41) is 30.9. The van der Waals surface area contributed by atoms with Gasteiger partial charge in [0.1, 0.15) is 35.9 Å². The summed E-state index contributed by atoms with van der Waals surface area (Å²) in [6.07, 6.45) is -4.12. The highest BCUT2D eigenvalue weighted by Crippen LogP contribution is 2.38. The molecule has 2 heterocycles. The highest BCUT2D eigenvalue weighted by Gasteiger charge is 2.50. The van der Waals surface area contributed by atoms with Crippen LogP contribution in [-0.4, -0.2) is 75.4 Å². The Balaban J connectivity index is 2.17. The first-order valence-corrected chi connectivity index (χ1v) is 6.97. The minimum absolute atomic E-state index is 0.394. The average molecular weight is 288 g/mol. The van der Waals surface area contributed by atoms with Gasteiger partial charge in [-0.3, -0.25) is 4.99 Å². The molecule has 0 aliphatic carbocycles. The summed E-state index contributed by atoms with van der Waals surface area (Å²) in [5.41, 5.74) is 0.0984. The van der Waals surface area contributed by atoms with Crippen molar-refractivity contribution in [2.45, 2.75) is 42.8 Å². The van der Waals surface area contributed by atoms with E-state index >= 15 is 0 Å². The first kappa shape index (κ1) is 14.8. The van der Waals surface area contributed by atoms with Gasteiger partial charge in [0.2, 0.25) is 0 Å². The zero-order valence-corrected chi connectivity index (χ0v) is 12.0. The van der Waals surface area contributed by atoms with Crippen molar-refractivity contribution in [2.24, 2.45) is 4.99 Å². The van der Waals surface area contributed by atoms with Gasteiger partial charge in [-0.15, -0.1) is 0 Å². The molecule has 108 valence electrons. The third-order valence-electron chi connectivity index (χ3n) is 3.29. The van der Waals surface area contributed by atoms with E-state index in [1.165, 1.54) is 11.8 Å². The van der Waals surface area contributed by atoms with Gasteiger partial charge in [0, 0.05) is 14.1 Å². The maximum atomic E-state index is 10.1. The van der Waals surface area contributed by atoms with E-state index in [4.69, 9.17) is 4.74 Å². The SMILES string of the molecule is C=C(C)[C@@H](O)[C@H]1O[C@@H]2SC(N(C)C)=N[C@@H]2[C@@H](O)[C@@H]1O. The lowest BCUT2D eigenvalue weighted by atomic mass is 9.92. The van der Waals surface area contributed by atoms with Crippen molar-refractivity contribution >= 4 is 16.9 Å². The highest BCUT2D eigenvalue weighted by molar-refractivity contribution is 8.14. The monoisotopic (exact) mass is 288 g/mol. The Bertz CT molecular complexity index is 401. The van der Waals surface area contributed by atoms with Gasteiger partial charge in [0.25, 0.3) is 0 Å². The maximum Gasteiger partial charge on any atom is 0.161 e. The first-order valence-electron chi connectivity index (χ1n) is 6.09. The molecule has 19 heavy (non-hydrogen) atoms. The van der Waals surface area contributed by atoms with Crippen molar-refractivity contribution in [3.8, 4) is 0 Å². The van der Waals surface area contributed by atoms with Crippen LogP contribution in [0.3, 0.4) is 0 Å². The Morgan fingerprint density at radius 2 is 2.05 bits per heavy atom. The van der Waals surface area contributed by atoms with E-state index in [1.54, 1.807) is 6.92 Å². The molecule has 0 bridgehead atoms. The number of rotatable bonds is 2. The number of aliphatic hydroxyl groups is 3. The molecule has 0 spiro atoms. The molecule has 7 heteroatoms. The molecule has 0 unspecified atom stereocenters. The van der Waals surface area contributed by atoms with Gasteiger partial charge in [-0.25, -0.2) is 0 Å². The van der Waals surface area contributed by atoms with Crippen LogP contribution in [0.15, 0.2) is 17.1 Å². The lowest BCUT2D eigenvalue weighted by molar-refractivity contribution is -0.178. The van der Waals surface area contributed by atoms with E-state index in [2.05, 4.69) is 11.6 Å². The quantitative estimate of drug-likeness (QED) is 0.589. The van der Waals surface area contributed by atoms with Gasteiger partial charge in [0.05, 0.1) is 0 Å². The van der Waals surface area contributed by atoms with Gasteiger partial charge in [0.15, 0.2) is 5.17 Å². The summed E-state index contributed by atoms with van der Waals surface area (Å²) in [4.78, 5) is 6.18. The Hall–Kier alpha value is -0.600. The molecule has 0 radical (unpaired) electrons. The fraction of sp³-hybridized carbons (Fsp3) is 0.750. The predicted octanol–water partition coefficient (Wildman–Crippen LogP) is -0.597. The lowest BCUT2D eigenvalue weighted by Crippen LogP contribution is -2.58. The summed E-state index contributed by atoms with van der Waals surface area (Å²) in [6, 6.07) is -0.508. The maximum absolute atomic E-state index is 10.1. The van der Waals surface area contributed by atoms with Crippen LogP contribution in [0.25, 0.3) is 0 Å². The number of hydrogen-bond donors (Lipinski definition) is 3. The molecular weight excluding hydrogens is 268 g/mol. The number of nitrogens with zero attached hydrogens (tertiary/aromatic N) is 2. The molecule has 0 aromatic carbocycles. The largest absolute Gasteiger partial charge is 0.388 e. The number of fused-ring (bicyclic) bond motifs is 1. The van der Waals surface area contributed by atoms with E-state index in [0.29, 0.717) is 5.57 Å². The Morgan fingerprint density at radius 3 is 2.58 bits per heavy atom. The molecule has 1 fully saturated rings. The topological polar surface area (TPSA) is 85.5 Å². The van der Waals surface area contributed by atoms with Crippen LogP contribution < -0.4 is 0 Å². The minimum atomic E-state index is -1.18. The molecule has 2 rings (SSSR count). The summed E-state index contributed by atoms with van der Waals surface area (Å²) < 4.78 is 5.70. The molecule has 2 aliphatic heterocycles. The van der Waals surface area contributed by atoms with E-state index < -0.39 is 35.9 Å². The molecule has 0 aromatic heterocycles. The first-order chi connectivity index (χ1) is 8.82. The van der Waals surface area contributed by atoms with Crippen LogP contribution in [0, 0.1) is 0 Å². The van der Waals surface area contributed by atoms with E-state index in [1.807, 2.05) is 19.0 Å². The van der Waals surface area contributed by atoms with Crippen molar-refractivity contribution in [3.63, 3.8) is 0 Å². The van der Waals surface area contributed by atoms with Crippen LogP contribution in [-0.2, 0) is 4.74 Å². The van der Waals surface area contributed by atoms with Crippen molar-refractivity contribution in [2.75, 3.05) is 14.1 Å². The molecule has 2 aliphatic rings. The van der Waals surface area contributed by atoms with Crippen LogP contribution in [0.2, 0.25) is 0 Å². The predicted molar refractivity (Wildman–Crippen MR) is 74.0 cm³/mol. The fourth-order valence-corrected chi connectivity index (χ4v) is 3.28. The average Bonchev–Trinajstić information content (AvgIpc) is 2.77. The van der Waals surface area contributed by atoms with E-state index in [-0.39, 0.29) is 0 Å². The Morgan fingerprint density at radius 1 is 1.42 bits per heavy atom. The lowest BCUT2D eigenvalue weighted by Gasteiger charge is -2.40. The second-order valence-corrected chi connectivity index (χ2v) is 6.22. The summed E-state index contributed by atoms with van der Waals surface area (Å²) in [5.74, 6) is 0. The fourth-order valence-electron chi connectivity index (χ4n) is 2.13.